The third kappa shape index (κ3) is 2.66. The lowest BCUT2D eigenvalue weighted by Crippen LogP contribution is -2.05. The van der Waals surface area contributed by atoms with E-state index in [-0.39, 0.29) is 6.04 Å². The molecule has 0 aliphatic heterocycles. The Bertz CT molecular complexity index is 705. The Morgan fingerprint density at radius 1 is 1.00 bits per heavy atom. The molecule has 0 aliphatic rings. The summed E-state index contributed by atoms with van der Waals surface area (Å²) in [4.78, 5) is 0. The van der Waals surface area contributed by atoms with Crippen molar-refractivity contribution >= 4 is 32.4 Å². The SMILES string of the molecule is CC(Nc1ccc2ccccc2c1)c1ccc(Br)o1. The fourth-order valence-electron chi connectivity index (χ4n) is 2.16. The molecule has 0 amide bonds. The molecule has 0 spiro atoms. The third-order valence-electron chi connectivity index (χ3n) is 3.15. The van der Waals surface area contributed by atoms with E-state index in [1.165, 1.54) is 10.8 Å². The van der Waals surface area contributed by atoms with Crippen LogP contribution in [-0.2, 0) is 0 Å². The Hall–Kier alpha value is -1.74. The van der Waals surface area contributed by atoms with Crippen LogP contribution in [0.1, 0.15) is 18.7 Å². The predicted octanol–water partition coefficient (Wildman–Crippen LogP) is 5.37. The monoisotopic (exact) mass is 315 g/mol. The van der Waals surface area contributed by atoms with E-state index in [4.69, 9.17) is 4.42 Å². The Kier molecular flexibility index (Phi) is 3.30. The van der Waals surface area contributed by atoms with E-state index in [0.29, 0.717) is 0 Å². The second-order valence-electron chi connectivity index (χ2n) is 4.57. The normalized spacial score (nSPS) is 12.5. The summed E-state index contributed by atoms with van der Waals surface area (Å²) in [7, 11) is 0. The van der Waals surface area contributed by atoms with Gasteiger partial charge in [0.2, 0.25) is 0 Å². The highest BCUT2D eigenvalue weighted by Crippen LogP contribution is 2.25. The molecule has 3 heteroatoms. The van der Waals surface area contributed by atoms with Crippen molar-refractivity contribution in [3.8, 4) is 0 Å². The molecule has 1 heterocycles. The summed E-state index contributed by atoms with van der Waals surface area (Å²) < 4.78 is 6.32. The first kappa shape index (κ1) is 12.3. The van der Waals surface area contributed by atoms with Gasteiger partial charge in [-0.05, 0) is 57.9 Å². The molecule has 2 nitrogen and oxygen atoms in total. The van der Waals surface area contributed by atoms with Crippen LogP contribution < -0.4 is 5.32 Å². The number of anilines is 1. The van der Waals surface area contributed by atoms with E-state index >= 15 is 0 Å². The maximum Gasteiger partial charge on any atom is 0.169 e. The summed E-state index contributed by atoms with van der Waals surface area (Å²) in [5.41, 5.74) is 1.10. The number of rotatable bonds is 3. The van der Waals surface area contributed by atoms with Crippen molar-refractivity contribution in [1.82, 2.24) is 0 Å². The van der Waals surface area contributed by atoms with Crippen LogP contribution in [0.3, 0.4) is 0 Å². The average Bonchev–Trinajstić information content (AvgIpc) is 2.85. The van der Waals surface area contributed by atoms with Crippen LogP contribution in [0.4, 0.5) is 5.69 Å². The zero-order valence-electron chi connectivity index (χ0n) is 10.6. The molecule has 1 N–H and O–H groups in total. The van der Waals surface area contributed by atoms with Crippen LogP contribution in [0.2, 0.25) is 0 Å². The highest BCUT2D eigenvalue weighted by Gasteiger charge is 2.09. The molecule has 0 bridgehead atoms. The molecule has 19 heavy (non-hydrogen) atoms. The predicted molar refractivity (Wildman–Crippen MR) is 82.4 cm³/mol. The summed E-state index contributed by atoms with van der Waals surface area (Å²) in [6, 6.07) is 18.7. The minimum Gasteiger partial charge on any atom is -0.452 e. The maximum atomic E-state index is 5.56. The second kappa shape index (κ2) is 5.10. The molecule has 0 aliphatic carbocycles. The molecule has 1 atom stereocenters. The van der Waals surface area contributed by atoms with Gasteiger partial charge in [0.1, 0.15) is 5.76 Å². The van der Waals surface area contributed by atoms with Gasteiger partial charge < -0.3 is 9.73 Å². The van der Waals surface area contributed by atoms with E-state index in [1.54, 1.807) is 0 Å². The molecule has 0 saturated heterocycles. The van der Waals surface area contributed by atoms with Gasteiger partial charge >= 0.3 is 0 Å². The number of furan rings is 1. The van der Waals surface area contributed by atoms with E-state index in [9.17, 15) is 0 Å². The van der Waals surface area contributed by atoms with Crippen LogP contribution in [0.25, 0.3) is 10.8 Å². The molecule has 0 radical (unpaired) electrons. The summed E-state index contributed by atoms with van der Waals surface area (Å²) >= 11 is 3.32. The van der Waals surface area contributed by atoms with Crippen molar-refractivity contribution in [2.24, 2.45) is 0 Å². The molecule has 0 saturated carbocycles. The average molecular weight is 316 g/mol. The molecule has 0 fully saturated rings. The molecule has 3 aromatic rings. The number of hydrogen-bond donors (Lipinski definition) is 1. The smallest absolute Gasteiger partial charge is 0.169 e. The van der Waals surface area contributed by atoms with E-state index in [2.05, 4.69) is 70.6 Å². The number of nitrogens with one attached hydrogen (secondary N) is 1. The van der Waals surface area contributed by atoms with Gasteiger partial charge in [0.25, 0.3) is 0 Å². The molecule has 3 rings (SSSR count). The number of benzene rings is 2. The summed E-state index contributed by atoms with van der Waals surface area (Å²) in [5.74, 6) is 0.917. The van der Waals surface area contributed by atoms with Gasteiger partial charge in [0.05, 0.1) is 6.04 Å². The Balaban J connectivity index is 1.84. The van der Waals surface area contributed by atoms with Crippen LogP contribution in [0.15, 0.2) is 63.7 Å². The lowest BCUT2D eigenvalue weighted by Gasteiger charge is -2.13. The van der Waals surface area contributed by atoms with Gasteiger partial charge in [-0.1, -0.05) is 30.3 Å². The maximum absolute atomic E-state index is 5.56. The van der Waals surface area contributed by atoms with Crippen molar-refractivity contribution in [3.63, 3.8) is 0 Å². The van der Waals surface area contributed by atoms with Crippen molar-refractivity contribution in [2.45, 2.75) is 13.0 Å². The van der Waals surface area contributed by atoms with Gasteiger partial charge in [-0.25, -0.2) is 0 Å². The molecule has 96 valence electrons. The fourth-order valence-corrected chi connectivity index (χ4v) is 2.48. The summed E-state index contributed by atoms with van der Waals surface area (Å²) in [6.07, 6.45) is 0. The highest BCUT2D eigenvalue weighted by atomic mass is 79.9. The number of hydrogen-bond acceptors (Lipinski definition) is 2. The Morgan fingerprint density at radius 2 is 1.79 bits per heavy atom. The second-order valence-corrected chi connectivity index (χ2v) is 5.35. The molecule has 1 aromatic heterocycles. The zero-order valence-corrected chi connectivity index (χ0v) is 12.1. The number of halogens is 1. The topological polar surface area (TPSA) is 25.2 Å². The minimum absolute atomic E-state index is 0.132. The third-order valence-corrected chi connectivity index (χ3v) is 3.58. The van der Waals surface area contributed by atoms with Gasteiger partial charge in [0.15, 0.2) is 4.67 Å². The lowest BCUT2D eigenvalue weighted by atomic mass is 10.1. The highest BCUT2D eigenvalue weighted by molar-refractivity contribution is 9.10. The largest absolute Gasteiger partial charge is 0.452 e. The summed E-state index contributed by atoms with van der Waals surface area (Å²) in [6.45, 7) is 2.08. The first-order valence-corrected chi connectivity index (χ1v) is 7.02. The van der Waals surface area contributed by atoms with Crippen molar-refractivity contribution in [3.05, 3.63) is 65.0 Å². The van der Waals surface area contributed by atoms with Gasteiger partial charge in [-0.3, -0.25) is 0 Å². The minimum atomic E-state index is 0.132. The van der Waals surface area contributed by atoms with Crippen LogP contribution in [0.5, 0.6) is 0 Å². The standard InChI is InChI=1S/C16H14BrNO/c1-11(15-8-9-16(17)19-15)18-14-7-6-12-4-2-3-5-13(12)10-14/h2-11,18H,1H3. The van der Waals surface area contributed by atoms with Crippen molar-refractivity contribution in [1.29, 1.82) is 0 Å². The fraction of sp³-hybridized carbons (Fsp3) is 0.125. The number of fused-ring (bicyclic) bond motifs is 1. The van der Waals surface area contributed by atoms with Crippen LogP contribution in [-0.4, -0.2) is 0 Å². The van der Waals surface area contributed by atoms with Crippen LogP contribution in [0, 0.1) is 0 Å². The van der Waals surface area contributed by atoms with Crippen molar-refractivity contribution in [2.75, 3.05) is 5.32 Å². The first-order valence-electron chi connectivity index (χ1n) is 6.23. The quantitative estimate of drug-likeness (QED) is 0.703. The zero-order chi connectivity index (χ0) is 13.2. The molecular formula is C16H14BrNO. The molecular weight excluding hydrogens is 302 g/mol. The van der Waals surface area contributed by atoms with Crippen molar-refractivity contribution < 1.29 is 4.42 Å². The Morgan fingerprint density at radius 3 is 2.53 bits per heavy atom. The lowest BCUT2D eigenvalue weighted by molar-refractivity contribution is 0.471. The Labute approximate surface area is 120 Å². The molecule has 2 aromatic carbocycles. The van der Waals surface area contributed by atoms with Gasteiger partial charge in [-0.15, -0.1) is 0 Å². The van der Waals surface area contributed by atoms with Gasteiger partial charge in [0, 0.05) is 5.69 Å². The summed E-state index contributed by atoms with van der Waals surface area (Å²) in [5, 5.41) is 5.94. The molecule has 1 unspecified atom stereocenters. The van der Waals surface area contributed by atoms with E-state index < -0.39 is 0 Å². The first-order chi connectivity index (χ1) is 9.22. The van der Waals surface area contributed by atoms with E-state index in [0.717, 1.165) is 16.1 Å². The van der Waals surface area contributed by atoms with Gasteiger partial charge in [-0.2, -0.15) is 0 Å². The van der Waals surface area contributed by atoms with E-state index in [1.807, 2.05) is 12.1 Å². The van der Waals surface area contributed by atoms with Crippen LogP contribution >= 0.6 is 15.9 Å².